The van der Waals surface area contributed by atoms with E-state index in [1.807, 2.05) is 23.2 Å². The Morgan fingerprint density at radius 3 is 1.53 bits per heavy atom. The zero-order valence-electron chi connectivity index (χ0n) is 12.5. The Labute approximate surface area is 120 Å². The fraction of sp³-hybridized carbons (Fsp3) is 0.571. The largest absolute Gasteiger partial charge is 0.243 e. The molecule has 0 spiro atoms. The molecule has 0 radical (unpaired) electrons. The second kappa shape index (κ2) is 4.71. The Hall–Kier alpha value is -1.23. The zero-order valence-corrected chi connectivity index (χ0v) is 13.4. The van der Waals surface area contributed by atoms with Gasteiger partial charge in [0.2, 0.25) is 0 Å². The van der Waals surface area contributed by atoms with E-state index in [1.54, 1.807) is 0 Å². The van der Waals surface area contributed by atoms with Crippen LogP contribution in [0.5, 0.6) is 0 Å². The number of hydrogen-bond acceptors (Lipinski definition) is 3. The van der Waals surface area contributed by atoms with Crippen LogP contribution in [0, 0.1) is 27.7 Å². The predicted molar refractivity (Wildman–Crippen MR) is 80.9 cm³/mol. The van der Waals surface area contributed by atoms with Gasteiger partial charge in [-0.15, -0.1) is 0 Å². The van der Waals surface area contributed by atoms with E-state index >= 15 is 0 Å². The Kier molecular flexibility index (Phi) is 3.51. The lowest BCUT2D eigenvalue weighted by atomic mass is 10.1. The molecule has 2 heterocycles. The number of thiol groups is 1. The van der Waals surface area contributed by atoms with Crippen LogP contribution < -0.4 is 0 Å². The maximum absolute atomic E-state index is 4.76. The summed E-state index contributed by atoms with van der Waals surface area (Å²) >= 11 is 4.76. The third kappa shape index (κ3) is 2.71. The minimum absolute atomic E-state index is 0.0433. The second-order valence-corrected chi connectivity index (χ2v) is 6.92. The molecule has 0 aliphatic rings. The van der Waals surface area contributed by atoms with Crippen LogP contribution >= 0.6 is 12.6 Å². The molecule has 0 saturated carbocycles. The first kappa shape index (κ1) is 14.2. The van der Waals surface area contributed by atoms with Gasteiger partial charge in [0.15, 0.2) is 6.17 Å². The standard InChI is InChI=1S/C14H22N4S/c1-9-7-11(3)17(15-9)13(14(5,6)19)18-12(4)8-10(2)16-18/h7-8,13,19H,1-6H3. The normalized spacial score (nSPS) is 12.4. The Morgan fingerprint density at radius 1 is 0.947 bits per heavy atom. The number of aryl methyl sites for hydroxylation is 4. The average Bonchev–Trinajstić information content (AvgIpc) is 2.70. The third-order valence-corrected chi connectivity index (χ3v) is 3.42. The van der Waals surface area contributed by atoms with Crippen LogP contribution in [0.25, 0.3) is 0 Å². The molecule has 0 atom stereocenters. The zero-order chi connectivity index (χ0) is 14.4. The van der Waals surface area contributed by atoms with E-state index in [0.29, 0.717) is 0 Å². The number of hydrogen-bond donors (Lipinski definition) is 1. The van der Waals surface area contributed by atoms with Gasteiger partial charge in [0.1, 0.15) is 0 Å². The maximum Gasteiger partial charge on any atom is 0.157 e. The molecule has 2 rings (SSSR count). The van der Waals surface area contributed by atoms with Gasteiger partial charge in [-0.2, -0.15) is 22.8 Å². The van der Waals surface area contributed by atoms with Crippen molar-refractivity contribution in [1.82, 2.24) is 19.6 Å². The van der Waals surface area contributed by atoms with Crippen LogP contribution in [0.15, 0.2) is 12.1 Å². The molecule has 0 N–H and O–H groups in total. The molecule has 0 aromatic carbocycles. The summed E-state index contributed by atoms with van der Waals surface area (Å²) < 4.78 is 3.76. The van der Waals surface area contributed by atoms with Gasteiger partial charge in [0.25, 0.3) is 0 Å². The molecule has 2 aromatic rings. The highest BCUT2D eigenvalue weighted by Gasteiger charge is 2.32. The van der Waals surface area contributed by atoms with E-state index in [9.17, 15) is 0 Å². The van der Waals surface area contributed by atoms with Crippen molar-refractivity contribution in [2.75, 3.05) is 0 Å². The van der Waals surface area contributed by atoms with Gasteiger partial charge < -0.3 is 0 Å². The molecule has 0 fully saturated rings. The Balaban J connectivity index is 2.61. The van der Waals surface area contributed by atoms with Crippen LogP contribution in [0.4, 0.5) is 0 Å². The van der Waals surface area contributed by atoms with Crippen molar-refractivity contribution in [3.63, 3.8) is 0 Å². The van der Waals surface area contributed by atoms with Crippen LogP contribution in [0.3, 0.4) is 0 Å². The molecular weight excluding hydrogens is 256 g/mol. The first-order valence-electron chi connectivity index (χ1n) is 6.48. The number of aromatic nitrogens is 4. The Bertz CT molecular complexity index is 543. The van der Waals surface area contributed by atoms with Gasteiger partial charge in [-0.05, 0) is 53.7 Å². The van der Waals surface area contributed by atoms with Gasteiger partial charge in [0, 0.05) is 16.1 Å². The average molecular weight is 278 g/mol. The van der Waals surface area contributed by atoms with Crippen molar-refractivity contribution in [3.8, 4) is 0 Å². The van der Waals surface area contributed by atoms with Crippen LogP contribution in [0.1, 0.15) is 42.8 Å². The molecule has 0 amide bonds. The third-order valence-electron chi connectivity index (χ3n) is 3.18. The predicted octanol–water partition coefficient (Wildman–Crippen LogP) is 3.07. The molecular formula is C14H22N4S. The van der Waals surface area contributed by atoms with E-state index in [0.717, 1.165) is 22.8 Å². The van der Waals surface area contributed by atoms with E-state index < -0.39 is 0 Å². The molecule has 0 saturated heterocycles. The number of rotatable bonds is 3. The van der Waals surface area contributed by atoms with Gasteiger partial charge in [0.05, 0.1) is 11.4 Å². The first-order chi connectivity index (χ1) is 8.70. The first-order valence-corrected chi connectivity index (χ1v) is 6.93. The van der Waals surface area contributed by atoms with Crippen molar-refractivity contribution in [1.29, 1.82) is 0 Å². The highest BCUT2D eigenvalue weighted by Crippen LogP contribution is 2.31. The van der Waals surface area contributed by atoms with E-state index in [4.69, 9.17) is 12.6 Å². The van der Waals surface area contributed by atoms with Gasteiger partial charge in [-0.1, -0.05) is 0 Å². The van der Waals surface area contributed by atoms with Crippen LogP contribution in [-0.4, -0.2) is 24.3 Å². The topological polar surface area (TPSA) is 35.6 Å². The summed E-state index contributed by atoms with van der Waals surface area (Å²) in [5, 5.41) is 9.22. The number of nitrogens with zero attached hydrogens (tertiary/aromatic N) is 4. The summed E-state index contributed by atoms with van der Waals surface area (Å²) in [5.41, 5.74) is 4.28. The molecule has 5 heteroatoms. The van der Waals surface area contributed by atoms with Gasteiger partial charge in [-0.3, -0.25) is 0 Å². The monoisotopic (exact) mass is 278 g/mol. The van der Waals surface area contributed by atoms with Gasteiger partial charge in [-0.25, -0.2) is 9.36 Å². The van der Waals surface area contributed by atoms with E-state index in [1.165, 1.54) is 0 Å². The summed E-state index contributed by atoms with van der Waals surface area (Å²) in [4.78, 5) is 0. The molecule has 0 bridgehead atoms. The molecule has 19 heavy (non-hydrogen) atoms. The smallest absolute Gasteiger partial charge is 0.157 e. The molecule has 4 nitrogen and oxygen atoms in total. The summed E-state index contributed by atoms with van der Waals surface area (Å²) in [7, 11) is 0. The lowest BCUT2D eigenvalue weighted by molar-refractivity contribution is 0.291. The van der Waals surface area contributed by atoms with E-state index in [2.05, 4.69) is 50.0 Å². The van der Waals surface area contributed by atoms with Crippen molar-refractivity contribution in [2.24, 2.45) is 0 Å². The van der Waals surface area contributed by atoms with Gasteiger partial charge >= 0.3 is 0 Å². The maximum atomic E-state index is 4.76. The summed E-state index contributed by atoms with van der Waals surface area (Å²) in [5.74, 6) is 0. The Morgan fingerprint density at radius 2 is 1.32 bits per heavy atom. The van der Waals surface area contributed by atoms with Crippen LogP contribution in [-0.2, 0) is 0 Å². The van der Waals surface area contributed by atoms with Crippen molar-refractivity contribution < 1.29 is 0 Å². The van der Waals surface area contributed by atoms with E-state index in [-0.39, 0.29) is 10.9 Å². The van der Waals surface area contributed by atoms with Crippen molar-refractivity contribution >= 4 is 12.6 Å². The summed E-state index contributed by atoms with van der Waals surface area (Å²) in [6.45, 7) is 12.3. The second-order valence-electron chi connectivity index (χ2n) is 5.77. The SMILES string of the molecule is Cc1cc(C)n(C(n2nc(C)cc2C)C(C)(C)S)n1. The molecule has 104 valence electrons. The quantitative estimate of drug-likeness (QED) is 0.876. The molecule has 2 aromatic heterocycles. The highest BCUT2D eigenvalue weighted by molar-refractivity contribution is 7.81. The summed E-state index contributed by atoms with van der Waals surface area (Å²) in [6.07, 6.45) is -0.0433. The summed E-state index contributed by atoms with van der Waals surface area (Å²) in [6, 6.07) is 4.16. The fourth-order valence-electron chi connectivity index (χ4n) is 2.49. The van der Waals surface area contributed by atoms with Crippen molar-refractivity contribution in [3.05, 3.63) is 34.9 Å². The highest BCUT2D eigenvalue weighted by atomic mass is 32.1. The minimum Gasteiger partial charge on any atom is -0.243 e. The molecule has 0 aliphatic heterocycles. The lowest BCUT2D eigenvalue weighted by Crippen LogP contribution is -2.36. The lowest BCUT2D eigenvalue weighted by Gasteiger charge is -2.32. The molecule has 0 unspecified atom stereocenters. The fourth-order valence-corrected chi connectivity index (χ4v) is 2.71. The van der Waals surface area contributed by atoms with Crippen LogP contribution in [0.2, 0.25) is 0 Å². The molecule has 0 aliphatic carbocycles. The minimum atomic E-state index is -0.271. The van der Waals surface area contributed by atoms with Crippen molar-refractivity contribution in [2.45, 2.75) is 52.5 Å².